The summed E-state index contributed by atoms with van der Waals surface area (Å²) in [5.74, 6) is -3.12. The van der Waals surface area contributed by atoms with E-state index in [9.17, 15) is 39.2 Å². The Bertz CT molecular complexity index is 2030. The van der Waals surface area contributed by atoms with Crippen LogP contribution in [-0.2, 0) is 39.5 Å². The second-order valence-corrected chi connectivity index (χ2v) is 14.1. The molecule has 4 atom stereocenters. The molecule has 4 aromatic carbocycles. The lowest BCUT2D eigenvalue weighted by atomic mass is 9.83. The first-order valence-corrected chi connectivity index (χ1v) is 17.5. The lowest BCUT2D eigenvalue weighted by Gasteiger charge is -2.45. The molecule has 6 rings (SSSR count). The van der Waals surface area contributed by atoms with E-state index < -0.39 is 65.2 Å². The van der Waals surface area contributed by atoms with Crippen LogP contribution in [0.15, 0.2) is 127 Å². The number of β-lactam (4-membered cyclic amide) rings is 1. The summed E-state index contributed by atoms with van der Waals surface area (Å²) in [5.41, 5.74) is -0.0627. The van der Waals surface area contributed by atoms with Crippen LogP contribution in [0.4, 0.5) is 10.5 Å². The normalized spacial score (nSPS) is 17.6. The highest BCUT2D eigenvalue weighted by Gasteiger charge is 2.60. The third-order valence-corrected chi connectivity index (χ3v) is 11.0. The van der Waals surface area contributed by atoms with E-state index in [1.54, 1.807) is 66.7 Å². The third-order valence-electron chi connectivity index (χ3n) is 8.58. The minimum absolute atomic E-state index is 0.0692. The first kappa shape index (κ1) is 35.5. The maximum absolute atomic E-state index is 14.9. The number of hydrogen-bond donors (Lipinski definition) is 0. The number of nitrogens with zero attached hydrogens (tertiary/aromatic N) is 3. The van der Waals surface area contributed by atoms with Crippen LogP contribution in [0.25, 0.3) is 0 Å². The number of rotatable bonds is 13. The first-order chi connectivity index (χ1) is 25.0. The summed E-state index contributed by atoms with van der Waals surface area (Å²) >= 11 is 0. The van der Waals surface area contributed by atoms with Gasteiger partial charge in [-0.2, -0.15) is 0 Å². The standard InChI is InChI=1S/C36H30N3O12P/c1-23(49-36(42)48-22-24-17-19-26(20-18-24)38(43)44)31-29-21-30(51-52(47,27-13-7-3-8-14-27)28-15-9-4-10-16-28)32(37(29)33(31)40)35(41)50-34(39(45)46)25-11-5-2-6-12-25/h2-20,23,29,31,34H,21-22H2,1H3. The van der Waals surface area contributed by atoms with Gasteiger partial charge in [-0.1, -0.05) is 54.6 Å². The van der Waals surface area contributed by atoms with Gasteiger partial charge < -0.3 is 18.7 Å². The van der Waals surface area contributed by atoms with Gasteiger partial charge in [0.1, 0.15) is 18.5 Å². The van der Waals surface area contributed by atoms with E-state index in [1.165, 1.54) is 55.5 Å². The molecule has 266 valence electrons. The summed E-state index contributed by atoms with van der Waals surface area (Å²) in [4.78, 5) is 62.9. The van der Waals surface area contributed by atoms with Crippen LogP contribution in [0.1, 0.15) is 30.7 Å². The van der Waals surface area contributed by atoms with Crippen molar-refractivity contribution in [1.29, 1.82) is 0 Å². The van der Waals surface area contributed by atoms with Gasteiger partial charge in [-0.15, -0.1) is 0 Å². The van der Waals surface area contributed by atoms with Gasteiger partial charge in [-0.25, -0.2) is 9.59 Å². The number of ether oxygens (including phenoxy) is 3. The average molecular weight is 728 g/mol. The number of non-ortho nitro benzene ring substituents is 1. The van der Waals surface area contributed by atoms with E-state index in [-0.39, 0.29) is 30.0 Å². The van der Waals surface area contributed by atoms with Crippen molar-refractivity contribution >= 4 is 41.7 Å². The molecule has 1 amide bonds. The fourth-order valence-electron chi connectivity index (χ4n) is 6.07. The molecule has 1 fully saturated rings. The van der Waals surface area contributed by atoms with Gasteiger partial charge in [0.2, 0.25) is 5.91 Å². The molecule has 15 nitrogen and oxygen atoms in total. The number of carbonyl (C=O) groups is 3. The van der Waals surface area contributed by atoms with Crippen molar-refractivity contribution < 1.29 is 47.5 Å². The third kappa shape index (κ3) is 7.12. The van der Waals surface area contributed by atoms with Crippen molar-refractivity contribution in [3.63, 3.8) is 0 Å². The maximum Gasteiger partial charge on any atom is 0.508 e. The van der Waals surface area contributed by atoms with Gasteiger partial charge >= 0.3 is 25.7 Å². The van der Waals surface area contributed by atoms with Crippen LogP contribution >= 0.6 is 7.37 Å². The number of amides is 1. The zero-order valence-corrected chi connectivity index (χ0v) is 28.3. The van der Waals surface area contributed by atoms with Crippen LogP contribution in [-0.4, -0.2) is 44.9 Å². The smallest absolute Gasteiger partial charge is 0.439 e. The highest BCUT2D eigenvalue weighted by atomic mass is 31.2. The number of nitro benzene ring substituents is 1. The summed E-state index contributed by atoms with van der Waals surface area (Å²) in [6.07, 6.45) is -4.30. The maximum atomic E-state index is 14.9. The van der Waals surface area contributed by atoms with Crippen LogP contribution in [0, 0.1) is 26.1 Å². The predicted molar refractivity (Wildman–Crippen MR) is 183 cm³/mol. The van der Waals surface area contributed by atoms with Crippen molar-refractivity contribution in [2.45, 2.75) is 38.3 Å². The Morgan fingerprint density at radius 3 is 1.94 bits per heavy atom. The summed E-state index contributed by atoms with van der Waals surface area (Å²) in [6.45, 7) is 1.20. The minimum atomic E-state index is -4.00. The second-order valence-electron chi connectivity index (χ2n) is 11.8. The summed E-state index contributed by atoms with van der Waals surface area (Å²) in [6, 6.07) is 28.6. The van der Waals surface area contributed by atoms with Gasteiger partial charge in [0.25, 0.3) is 5.69 Å². The number of carbonyl (C=O) groups excluding carboxylic acids is 3. The van der Waals surface area contributed by atoms with Crippen molar-refractivity contribution in [1.82, 2.24) is 4.90 Å². The Kier molecular flexibility index (Phi) is 10.1. The van der Waals surface area contributed by atoms with Crippen LogP contribution in [0.3, 0.4) is 0 Å². The van der Waals surface area contributed by atoms with Gasteiger partial charge in [0.05, 0.1) is 38.0 Å². The van der Waals surface area contributed by atoms with E-state index in [2.05, 4.69) is 0 Å². The molecule has 2 heterocycles. The Hall–Kier alpha value is -6.34. The number of benzene rings is 4. The number of hydrogen-bond acceptors (Lipinski definition) is 12. The van der Waals surface area contributed by atoms with Gasteiger partial charge in [0, 0.05) is 18.6 Å². The fraction of sp³-hybridized carbons (Fsp3) is 0.194. The van der Waals surface area contributed by atoms with Crippen LogP contribution in [0.2, 0.25) is 0 Å². The molecule has 0 aromatic heterocycles. The van der Waals surface area contributed by atoms with E-state index in [0.29, 0.717) is 16.2 Å². The SMILES string of the molecule is CC(OC(=O)OCc1ccc([N+](=O)[O-])cc1)C1C(=O)N2C(C(=O)OC(c3ccccc3)[N+](=O)[O-])=C(OP(=O)(c3ccccc3)c3ccccc3)CC12. The number of esters is 1. The molecule has 2 aliphatic rings. The summed E-state index contributed by atoms with van der Waals surface area (Å²) in [7, 11) is -4.00. The van der Waals surface area contributed by atoms with Crippen molar-refractivity contribution in [2.24, 2.45) is 5.92 Å². The largest absolute Gasteiger partial charge is 0.508 e. The lowest BCUT2D eigenvalue weighted by molar-refractivity contribution is -0.575. The van der Waals surface area contributed by atoms with E-state index in [1.807, 2.05) is 0 Å². The van der Waals surface area contributed by atoms with Crippen molar-refractivity contribution in [3.8, 4) is 0 Å². The highest BCUT2D eigenvalue weighted by molar-refractivity contribution is 7.74. The Morgan fingerprint density at radius 1 is 0.846 bits per heavy atom. The minimum Gasteiger partial charge on any atom is -0.439 e. The quantitative estimate of drug-likeness (QED) is 0.0417. The molecule has 0 aliphatic carbocycles. The lowest BCUT2D eigenvalue weighted by Crippen LogP contribution is -2.62. The molecule has 52 heavy (non-hydrogen) atoms. The topological polar surface area (TPSA) is 195 Å². The molecule has 16 heteroatoms. The molecule has 2 aliphatic heterocycles. The van der Waals surface area contributed by atoms with E-state index >= 15 is 0 Å². The average Bonchev–Trinajstić information content (AvgIpc) is 3.47. The Balaban J connectivity index is 1.27. The molecule has 4 aromatic rings. The Morgan fingerprint density at radius 2 is 1.40 bits per heavy atom. The zero-order valence-electron chi connectivity index (χ0n) is 27.4. The summed E-state index contributed by atoms with van der Waals surface area (Å²) in [5, 5.41) is 23.5. The molecular formula is C36H30N3O12P. The molecular weight excluding hydrogens is 697 g/mol. The molecule has 0 spiro atoms. The van der Waals surface area contributed by atoms with Crippen LogP contribution < -0.4 is 10.6 Å². The first-order valence-electron chi connectivity index (χ1n) is 15.9. The Labute approximate surface area is 296 Å². The van der Waals surface area contributed by atoms with E-state index in [0.717, 1.165) is 4.90 Å². The van der Waals surface area contributed by atoms with Crippen molar-refractivity contribution in [3.05, 3.63) is 158 Å². The van der Waals surface area contributed by atoms with Crippen molar-refractivity contribution in [2.75, 3.05) is 0 Å². The monoisotopic (exact) mass is 727 g/mol. The highest BCUT2D eigenvalue weighted by Crippen LogP contribution is 2.53. The molecule has 0 saturated carbocycles. The number of nitro groups is 2. The zero-order chi connectivity index (χ0) is 37.0. The molecule has 4 unspecified atom stereocenters. The predicted octanol–water partition coefficient (Wildman–Crippen LogP) is 5.54. The van der Waals surface area contributed by atoms with Gasteiger partial charge in [-0.05, 0) is 61.0 Å². The number of fused-ring (bicyclic) bond motifs is 1. The molecule has 0 radical (unpaired) electrons. The van der Waals surface area contributed by atoms with E-state index in [4.69, 9.17) is 18.7 Å². The summed E-state index contributed by atoms with van der Waals surface area (Å²) < 4.78 is 37.1. The molecule has 0 N–H and O–H groups in total. The molecule has 1 saturated heterocycles. The molecule has 0 bridgehead atoms. The van der Waals surface area contributed by atoms with Gasteiger partial charge in [0.15, 0.2) is 5.70 Å². The fourth-order valence-corrected chi connectivity index (χ4v) is 8.18. The van der Waals surface area contributed by atoms with Gasteiger partial charge in [-0.3, -0.25) is 34.5 Å². The second kappa shape index (κ2) is 14.9. The van der Waals surface area contributed by atoms with Crippen LogP contribution in [0.5, 0.6) is 0 Å².